The second-order valence-corrected chi connectivity index (χ2v) is 5.50. The summed E-state index contributed by atoms with van der Waals surface area (Å²) in [5.41, 5.74) is 7.98. The van der Waals surface area contributed by atoms with Crippen LogP contribution in [0.5, 0.6) is 0 Å². The smallest absolute Gasteiger partial charge is 0.248 e. The summed E-state index contributed by atoms with van der Waals surface area (Å²) in [6, 6.07) is 5.45. The summed E-state index contributed by atoms with van der Waals surface area (Å²) >= 11 is 0. The van der Waals surface area contributed by atoms with E-state index in [1.807, 2.05) is 19.1 Å². The summed E-state index contributed by atoms with van der Waals surface area (Å²) in [5, 5.41) is 6.74. The zero-order chi connectivity index (χ0) is 13.8. The lowest BCUT2D eigenvalue weighted by Crippen LogP contribution is -2.38. The summed E-state index contributed by atoms with van der Waals surface area (Å²) in [6.45, 7) is 10.1. The van der Waals surface area contributed by atoms with Crippen LogP contribution in [-0.2, 0) is 0 Å². The highest BCUT2D eigenvalue weighted by atomic mass is 16.1. The zero-order valence-corrected chi connectivity index (χ0v) is 11.6. The van der Waals surface area contributed by atoms with Crippen molar-refractivity contribution in [1.29, 1.82) is 0 Å². The number of benzene rings is 1. The van der Waals surface area contributed by atoms with E-state index in [0.29, 0.717) is 5.56 Å². The van der Waals surface area contributed by atoms with Crippen LogP contribution in [0, 0.1) is 6.92 Å². The highest BCUT2D eigenvalue weighted by Crippen LogP contribution is 2.15. The molecule has 0 spiro atoms. The van der Waals surface area contributed by atoms with E-state index in [1.165, 1.54) is 0 Å². The first kappa shape index (κ1) is 14.5. The van der Waals surface area contributed by atoms with Gasteiger partial charge in [-0.25, -0.2) is 0 Å². The van der Waals surface area contributed by atoms with Crippen molar-refractivity contribution in [3.05, 3.63) is 29.3 Å². The number of nitrogens with one attached hydrogen (secondary N) is 2. The molecule has 0 radical (unpaired) electrons. The minimum Gasteiger partial charge on any atom is -0.384 e. The molecule has 0 saturated heterocycles. The van der Waals surface area contributed by atoms with Crippen LogP contribution in [-0.4, -0.2) is 24.5 Å². The van der Waals surface area contributed by atoms with Crippen molar-refractivity contribution in [3.63, 3.8) is 0 Å². The fraction of sp³-hybridized carbons (Fsp3) is 0.500. The van der Waals surface area contributed by atoms with Gasteiger partial charge in [-0.3, -0.25) is 4.79 Å². The molecule has 0 saturated carbocycles. The first-order valence-electron chi connectivity index (χ1n) is 6.19. The first-order valence-corrected chi connectivity index (χ1v) is 6.19. The molecular formula is C14H23N3O. The van der Waals surface area contributed by atoms with Gasteiger partial charge in [-0.05, 0) is 51.5 Å². The van der Waals surface area contributed by atoms with E-state index in [9.17, 15) is 4.79 Å². The van der Waals surface area contributed by atoms with E-state index in [2.05, 4.69) is 31.4 Å². The maximum absolute atomic E-state index is 11.0. The van der Waals surface area contributed by atoms with Gasteiger partial charge in [-0.1, -0.05) is 0 Å². The van der Waals surface area contributed by atoms with Crippen molar-refractivity contribution in [2.45, 2.75) is 33.2 Å². The van der Waals surface area contributed by atoms with Crippen LogP contribution in [0.2, 0.25) is 0 Å². The van der Waals surface area contributed by atoms with Crippen LogP contribution in [0.1, 0.15) is 36.7 Å². The third-order valence-corrected chi connectivity index (χ3v) is 2.61. The second-order valence-electron chi connectivity index (χ2n) is 5.50. The minimum absolute atomic E-state index is 0.131. The summed E-state index contributed by atoms with van der Waals surface area (Å²) in [7, 11) is 0. The van der Waals surface area contributed by atoms with Crippen LogP contribution < -0.4 is 16.4 Å². The Hall–Kier alpha value is -1.55. The van der Waals surface area contributed by atoms with E-state index in [4.69, 9.17) is 5.73 Å². The second kappa shape index (κ2) is 5.87. The van der Waals surface area contributed by atoms with Gasteiger partial charge in [0, 0.05) is 29.9 Å². The van der Waals surface area contributed by atoms with Crippen LogP contribution in [0.4, 0.5) is 5.69 Å². The van der Waals surface area contributed by atoms with Crippen LogP contribution >= 0.6 is 0 Å². The maximum Gasteiger partial charge on any atom is 0.248 e. The predicted molar refractivity (Wildman–Crippen MR) is 75.9 cm³/mol. The van der Waals surface area contributed by atoms with Gasteiger partial charge in [-0.15, -0.1) is 0 Å². The molecule has 1 rings (SSSR count). The van der Waals surface area contributed by atoms with Gasteiger partial charge in [-0.2, -0.15) is 0 Å². The zero-order valence-electron chi connectivity index (χ0n) is 11.6. The molecule has 0 atom stereocenters. The summed E-state index contributed by atoms with van der Waals surface area (Å²) in [6.07, 6.45) is 0. The van der Waals surface area contributed by atoms with E-state index in [-0.39, 0.29) is 11.4 Å². The first-order chi connectivity index (χ1) is 8.29. The molecule has 0 bridgehead atoms. The maximum atomic E-state index is 11.0. The molecular weight excluding hydrogens is 226 g/mol. The standard InChI is InChI=1S/C14H23N3O/c1-10-9-11(13(15)18)5-6-12(10)16-7-8-17-14(2,3)4/h5-6,9,16-17H,7-8H2,1-4H3,(H2,15,18). The molecule has 4 N–H and O–H groups in total. The lowest BCUT2D eigenvalue weighted by Gasteiger charge is -2.21. The lowest BCUT2D eigenvalue weighted by atomic mass is 10.1. The quantitative estimate of drug-likeness (QED) is 0.698. The van der Waals surface area contributed by atoms with Crippen molar-refractivity contribution in [2.75, 3.05) is 18.4 Å². The Kier molecular flexibility index (Phi) is 4.73. The molecule has 0 heterocycles. The normalized spacial score (nSPS) is 11.3. The van der Waals surface area contributed by atoms with Gasteiger partial charge in [0.1, 0.15) is 0 Å². The molecule has 4 heteroatoms. The van der Waals surface area contributed by atoms with Crippen molar-refractivity contribution in [2.24, 2.45) is 5.73 Å². The summed E-state index contributed by atoms with van der Waals surface area (Å²) in [5.74, 6) is -0.390. The van der Waals surface area contributed by atoms with Crippen LogP contribution in [0.3, 0.4) is 0 Å². The molecule has 0 aliphatic carbocycles. The Morgan fingerprint density at radius 3 is 2.44 bits per heavy atom. The number of carbonyl (C=O) groups excluding carboxylic acids is 1. The fourth-order valence-electron chi connectivity index (χ4n) is 1.65. The van der Waals surface area contributed by atoms with Crippen LogP contribution in [0.15, 0.2) is 18.2 Å². The molecule has 0 aromatic heterocycles. The Morgan fingerprint density at radius 2 is 1.94 bits per heavy atom. The average molecular weight is 249 g/mol. The summed E-state index contributed by atoms with van der Waals surface area (Å²) in [4.78, 5) is 11.0. The molecule has 1 aromatic rings. The average Bonchev–Trinajstić information content (AvgIpc) is 2.24. The molecule has 1 amide bonds. The van der Waals surface area contributed by atoms with Gasteiger partial charge in [0.25, 0.3) is 0 Å². The van der Waals surface area contributed by atoms with Gasteiger partial charge in [0.2, 0.25) is 5.91 Å². The number of primary amides is 1. The van der Waals surface area contributed by atoms with Gasteiger partial charge in [0.15, 0.2) is 0 Å². The molecule has 0 unspecified atom stereocenters. The topological polar surface area (TPSA) is 67.2 Å². The minimum atomic E-state index is -0.390. The van der Waals surface area contributed by atoms with Gasteiger partial charge in [0.05, 0.1) is 0 Å². The van der Waals surface area contributed by atoms with E-state index >= 15 is 0 Å². The van der Waals surface area contributed by atoms with E-state index in [1.54, 1.807) is 6.07 Å². The number of carbonyl (C=O) groups is 1. The third-order valence-electron chi connectivity index (χ3n) is 2.61. The molecule has 0 fully saturated rings. The number of anilines is 1. The number of nitrogens with two attached hydrogens (primary N) is 1. The largest absolute Gasteiger partial charge is 0.384 e. The Morgan fingerprint density at radius 1 is 1.28 bits per heavy atom. The Labute approximate surface area is 109 Å². The monoisotopic (exact) mass is 249 g/mol. The Balaban J connectivity index is 2.51. The number of hydrogen-bond acceptors (Lipinski definition) is 3. The molecule has 0 aliphatic rings. The highest BCUT2D eigenvalue weighted by molar-refractivity contribution is 5.93. The number of amides is 1. The number of aryl methyl sites for hydroxylation is 1. The number of hydrogen-bond donors (Lipinski definition) is 3. The predicted octanol–water partition coefficient (Wildman–Crippen LogP) is 1.89. The lowest BCUT2D eigenvalue weighted by molar-refractivity contribution is 0.1000. The molecule has 4 nitrogen and oxygen atoms in total. The highest BCUT2D eigenvalue weighted by Gasteiger charge is 2.07. The van der Waals surface area contributed by atoms with E-state index < -0.39 is 0 Å². The number of rotatable bonds is 5. The van der Waals surface area contributed by atoms with Gasteiger partial charge >= 0.3 is 0 Å². The SMILES string of the molecule is Cc1cc(C(N)=O)ccc1NCCNC(C)(C)C. The molecule has 18 heavy (non-hydrogen) atoms. The van der Waals surface area contributed by atoms with Crippen molar-refractivity contribution < 1.29 is 4.79 Å². The molecule has 1 aromatic carbocycles. The summed E-state index contributed by atoms with van der Waals surface area (Å²) < 4.78 is 0. The van der Waals surface area contributed by atoms with Crippen LogP contribution in [0.25, 0.3) is 0 Å². The fourth-order valence-corrected chi connectivity index (χ4v) is 1.65. The van der Waals surface area contributed by atoms with E-state index in [0.717, 1.165) is 24.3 Å². The van der Waals surface area contributed by atoms with Crippen molar-refractivity contribution in [1.82, 2.24) is 5.32 Å². The molecule has 0 aliphatic heterocycles. The third kappa shape index (κ3) is 4.75. The van der Waals surface area contributed by atoms with Crippen molar-refractivity contribution >= 4 is 11.6 Å². The Bertz CT molecular complexity index is 422. The van der Waals surface area contributed by atoms with Gasteiger partial charge < -0.3 is 16.4 Å². The molecule has 100 valence electrons. The van der Waals surface area contributed by atoms with Crippen molar-refractivity contribution in [3.8, 4) is 0 Å².